The number of piperidine rings is 1. The first-order chi connectivity index (χ1) is 9.79. The van der Waals surface area contributed by atoms with Gasteiger partial charge in [0.1, 0.15) is 0 Å². The molecule has 114 valence electrons. The van der Waals surface area contributed by atoms with Crippen molar-refractivity contribution in [1.29, 1.82) is 0 Å². The highest BCUT2D eigenvalue weighted by Gasteiger charge is 2.31. The number of nitrogens with two attached hydrogens (primary N) is 1. The number of rotatable bonds is 2. The topological polar surface area (TPSA) is 63.4 Å². The van der Waals surface area contributed by atoms with E-state index in [9.17, 15) is 22.8 Å². The van der Waals surface area contributed by atoms with Crippen LogP contribution in [-0.2, 0) is 11.0 Å². The summed E-state index contributed by atoms with van der Waals surface area (Å²) in [6.45, 7) is 0.693. The van der Waals surface area contributed by atoms with E-state index in [2.05, 4.69) is 0 Å². The van der Waals surface area contributed by atoms with E-state index in [1.54, 1.807) is 0 Å². The molecule has 1 atom stereocenters. The van der Waals surface area contributed by atoms with Gasteiger partial charge in [-0.25, -0.2) is 0 Å². The zero-order valence-corrected chi connectivity index (χ0v) is 11.2. The number of benzene rings is 1. The molecule has 1 unspecified atom stereocenters. The van der Waals surface area contributed by atoms with Crippen LogP contribution in [0.3, 0.4) is 0 Å². The van der Waals surface area contributed by atoms with E-state index in [0.29, 0.717) is 19.4 Å². The average molecular weight is 300 g/mol. The smallest absolute Gasteiger partial charge is 0.369 e. The van der Waals surface area contributed by atoms with Crippen molar-refractivity contribution in [2.45, 2.75) is 19.0 Å². The lowest BCUT2D eigenvalue weighted by Gasteiger charge is -2.31. The number of amides is 2. The molecule has 0 aliphatic carbocycles. The van der Waals surface area contributed by atoms with Crippen molar-refractivity contribution in [1.82, 2.24) is 4.90 Å². The van der Waals surface area contributed by atoms with Crippen LogP contribution in [0.5, 0.6) is 0 Å². The van der Waals surface area contributed by atoms with E-state index >= 15 is 0 Å². The summed E-state index contributed by atoms with van der Waals surface area (Å²) in [4.78, 5) is 24.9. The third-order valence-electron chi connectivity index (χ3n) is 3.57. The maximum atomic E-state index is 12.5. The summed E-state index contributed by atoms with van der Waals surface area (Å²) >= 11 is 0. The number of halogens is 3. The molecule has 0 spiro atoms. The first kappa shape index (κ1) is 15.3. The number of carbonyl (C=O) groups excluding carboxylic acids is 2. The van der Waals surface area contributed by atoms with E-state index < -0.39 is 23.6 Å². The summed E-state index contributed by atoms with van der Waals surface area (Å²) in [6.07, 6.45) is -3.14. The van der Waals surface area contributed by atoms with Crippen molar-refractivity contribution >= 4 is 11.8 Å². The van der Waals surface area contributed by atoms with Gasteiger partial charge in [-0.1, -0.05) is 0 Å². The molecule has 0 bridgehead atoms. The van der Waals surface area contributed by atoms with Crippen molar-refractivity contribution in [3.05, 3.63) is 35.4 Å². The van der Waals surface area contributed by atoms with Crippen LogP contribution in [0.25, 0.3) is 0 Å². The van der Waals surface area contributed by atoms with Gasteiger partial charge >= 0.3 is 6.18 Å². The van der Waals surface area contributed by atoms with Gasteiger partial charge in [-0.15, -0.1) is 0 Å². The highest BCUT2D eigenvalue weighted by molar-refractivity contribution is 5.94. The van der Waals surface area contributed by atoms with Gasteiger partial charge in [0.05, 0.1) is 11.5 Å². The predicted octanol–water partition coefficient (Wildman–Crippen LogP) is 2.04. The molecule has 1 saturated heterocycles. The van der Waals surface area contributed by atoms with Crippen molar-refractivity contribution < 1.29 is 22.8 Å². The van der Waals surface area contributed by atoms with Crippen LogP contribution in [0.4, 0.5) is 13.2 Å². The minimum absolute atomic E-state index is 0.174. The maximum Gasteiger partial charge on any atom is 0.416 e. The molecule has 2 N–H and O–H groups in total. The monoisotopic (exact) mass is 300 g/mol. The molecular formula is C14H15F3N2O2. The number of primary amides is 1. The van der Waals surface area contributed by atoms with Crippen LogP contribution in [-0.4, -0.2) is 29.8 Å². The number of hydrogen-bond donors (Lipinski definition) is 1. The molecule has 1 fully saturated rings. The molecule has 21 heavy (non-hydrogen) atoms. The Morgan fingerprint density at radius 1 is 1.19 bits per heavy atom. The number of likely N-dealkylation sites (tertiary alicyclic amines) is 1. The Morgan fingerprint density at radius 3 is 2.33 bits per heavy atom. The lowest BCUT2D eigenvalue weighted by molar-refractivity contribution is -0.137. The van der Waals surface area contributed by atoms with Crippen LogP contribution in [0.2, 0.25) is 0 Å². The SMILES string of the molecule is NC(=O)C1CCCN(C(=O)c2ccc(C(F)(F)F)cc2)C1. The van der Waals surface area contributed by atoms with Crippen molar-refractivity contribution in [3.63, 3.8) is 0 Å². The van der Waals surface area contributed by atoms with Crippen LogP contribution >= 0.6 is 0 Å². The van der Waals surface area contributed by atoms with Gasteiger partial charge < -0.3 is 10.6 Å². The molecule has 1 heterocycles. The first-order valence-electron chi connectivity index (χ1n) is 6.55. The normalized spacial score (nSPS) is 19.4. The summed E-state index contributed by atoms with van der Waals surface area (Å²) < 4.78 is 37.4. The predicted molar refractivity (Wildman–Crippen MR) is 69.3 cm³/mol. The summed E-state index contributed by atoms with van der Waals surface area (Å²) in [5, 5.41) is 0. The van der Waals surface area contributed by atoms with Gasteiger partial charge in [0.25, 0.3) is 5.91 Å². The summed E-state index contributed by atoms with van der Waals surface area (Å²) in [7, 11) is 0. The summed E-state index contributed by atoms with van der Waals surface area (Å²) in [5.41, 5.74) is 4.61. The second-order valence-corrected chi connectivity index (χ2v) is 5.07. The van der Waals surface area contributed by atoms with E-state index in [0.717, 1.165) is 24.3 Å². The Bertz CT molecular complexity index is 540. The molecule has 2 amide bonds. The molecular weight excluding hydrogens is 285 g/mol. The van der Waals surface area contributed by atoms with Gasteiger partial charge in [-0.05, 0) is 37.1 Å². The Morgan fingerprint density at radius 2 is 1.81 bits per heavy atom. The van der Waals surface area contributed by atoms with Crippen LogP contribution in [0, 0.1) is 5.92 Å². The Kier molecular flexibility index (Phi) is 4.20. The second kappa shape index (κ2) is 5.75. The van der Waals surface area contributed by atoms with Gasteiger partial charge in [0, 0.05) is 18.7 Å². The van der Waals surface area contributed by atoms with E-state index in [4.69, 9.17) is 5.73 Å². The molecule has 0 saturated carbocycles. The van der Waals surface area contributed by atoms with E-state index in [1.807, 2.05) is 0 Å². The number of hydrogen-bond acceptors (Lipinski definition) is 2. The molecule has 1 aliphatic heterocycles. The zero-order chi connectivity index (χ0) is 15.6. The first-order valence-corrected chi connectivity index (χ1v) is 6.55. The molecule has 2 rings (SSSR count). The van der Waals surface area contributed by atoms with Crippen molar-refractivity contribution in [2.24, 2.45) is 11.7 Å². The Balaban J connectivity index is 2.11. The zero-order valence-electron chi connectivity index (χ0n) is 11.2. The number of nitrogens with zero attached hydrogens (tertiary/aromatic N) is 1. The lowest BCUT2D eigenvalue weighted by Crippen LogP contribution is -2.44. The van der Waals surface area contributed by atoms with Gasteiger partial charge in [0.15, 0.2) is 0 Å². The van der Waals surface area contributed by atoms with E-state index in [1.165, 1.54) is 4.90 Å². The standard InChI is InChI=1S/C14H15F3N2O2/c15-14(16,17)11-5-3-9(4-6-11)13(21)19-7-1-2-10(8-19)12(18)20/h3-6,10H,1-2,7-8H2,(H2,18,20). The van der Waals surface area contributed by atoms with Crippen molar-refractivity contribution in [3.8, 4) is 0 Å². The highest BCUT2D eigenvalue weighted by atomic mass is 19.4. The molecule has 1 aromatic carbocycles. The molecule has 0 radical (unpaired) electrons. The minimum atomic E-state index is -4.43. The third-order valence-corrected chi connectivity index (χ3v) is 3.57. The van der Waals surface area contributed by atoms with Crippen LogP contribution in [0.15, 0.2) is 24.3 Å². The lowest BCUT2D eigenvalue weighted by atomic mass is 9.97. The molecule has 0 aromatic heterocycles. The number of carbonyl (C=O) groups is 2. The fourth-order valence-corrected chi connectivity index (χ4v) is 2.38. The fourth-order valence-electron chi connectivity index (χ4n) is 2.38. The molecule has 1 aliphatic rings. The Hall–Kier alpha value is -2.05. The van der Waals surface area contributed by atoms with Crippen molar-refractivity contribution in [2.75, 3.05) is 13.1 Å². The van der Waals surface area contributed by atoms with Crippen LogP contribution < -0.4 is 5.73 Å². The molecule has 4 nitrogen and oxygen atoms in total. The third kappa shape index (κ3) is 3.53. The second-order valence-electron chi connectivity index (χ2n) is 5.07. The molecule has 7 heteroatoms. The Labute approximate surface area is 119 Å². The highest BCUT2D eigenvalue weighted by Crippen LogP contribution is 2.29. The fraction of sp³-hybridized carbons (Fsp3) is 0.429. The van der Waals surface area contributed by atoms with Gasteiger partial charge in [0.2, 0.25) is 5.91 Å². The van der Waals surface area contributed by atoms with E-state index in [-0.39, 0.29) is 18.0 Å². The maximum absolute atomic E-state index is 12.5. The molecule has 1 aromatic rings. The average Bonchev–Trinajstić information content (AvgIpc) is 2.46. The van der Waals surface area contributed by atoms with Gasteiger partial charge in [-0.2, -0.15) is 13.2 Å². The quantitative estimate of drug-likeness (QED) is 0.908. The largest absolute Gasteiger partial charge is 0.416 e. The van der Waals surface area contributed by atoms with Crippen LogP contribution in [0.1, 0.15) is 28.8 Å². The number of alkyl halides is 3. The summed E-state index contributed by atoms with van der Waals surface area (Å²) in [6, 6.07) is 4.06. The van der Waals surface area contributed by atoms with Gasteiger partial charge in [-0.3, -0.25) is 9.59 Å². The minimum Gasteiger partial charge on any atom is -0.369 e. The summed E-state index contributed by atoms with van der Waals surface area (Å²) in [5.74, 6) is -1.23.